The van der Waals surface area contributed by atoms with Crippen molar-refractivity contribution in [2.75, 3.05) is 25.4 Å². The van der Waals surface area contributed by atoms with Crippen molar-refractivity contribution in [2.24, 2.45) is 0 Å². The van der Waals surface area contributed by atoms with E-state index in [-0.39, 0.29) is 25.3 Å². The van der Waals surface area contributed by atoms with Crippen LogP contribution in [0.25, 0.3) is 0 Å². The Bertz CT molecular complexity index is 278. The molecule has 0 spiro atoms. The molecule has 0 atom stereocenters. The molecule has 0 saturated carbocycles. The molecular formula is C7H13ClF3NO2S. The predicted molar refractivity (Wildman–Crippen MR) is 52.4 cm³/mol. The Kier molecular flexibility index (Phi) is 5.90. The van der Waals surface area contributed by atoms with Crippen LogP contribution in [0.15, 0.2) is 0 Å². The Hall–Kier alpha value is -0.0100. The van der Waals surface area contributed by atoms with E-state index in [0.717, 1.165) is 4.90 Å². The molecule has 92 valence electrons. The molecule has 0 aromatic heterocycles. The summed E-state index contributed by atoms with van der Waals surface area (Å²) in [7, 11) is 1.32. The van der Waals surface area contributed by atoms with Crippen LogP contribution in [-0.2, 0) is 9.05 Å². The minimum atomic E-state index is -4.25. The number of alkyl halides is 3. The molecule has 0 aromatic carbocycles. The van der Waals surface area contributed by atoms with Gasteiger partial charge in [0.1, 0.15) is 0 Å². The quantitative estimate of drug-likeness (QED) is 0.689. The summed E-state index contributed by atoms with van der Waals surface area (Å²) >= 11 is 0. The Morgan fingerprint density at radius 2 is 1.87 bits per heavy atom. The van der Waals surface area contributed by atoms with Gasteiger partial charge in [-0.1, -0.05) is 6.92 Å². The van der Waals surface area contributed by atoms with Gasteiger partial charge >= 0.3 is 6.18 Å². The van der Waals surface area contributed by atoms with Crippen LogP contribution in [0, 0.1) is 0 Å². The summed E-state index contributed by atoms with van der Waals surface area (Å²) in [5.74, 6) is -0.303. The van der Waals surface area contributed by atoms with Crippen LogP contribution in [0.3, 0.4) is 0 Å². The lowest BCUT2D eigenvalue weighted by Gasteiger charge is -2.21. The third kappa shape index (κ3) is 10.3. The second kappa shape index (κ2) is 5.91. The van der Waals surface area contributed by atoms with E-state index in [2.05, 4.69) is 0 Å². The van der Waals surface area contributed by atoms with Crippen molar-refractivity contribution in [1.29, 1.82) is 0 Å². The van der Waals surface area contributed by atoms with Gasteiger partial charge in [0.25, 0.3) is 0 Å². The number of rotatable bonds is 6. The van der Waals surface area contributed by atoms with E-state index >= 15 is 0 Å². The van der Waals surface area contributed by atoms with Crippen LogP contribution in [0.4, 0.5) is 13.2 Å². The first-order valence-corrected chi connectivity index (χ1v) is 6.83. The molecule has 8 heteroatoms. The molecule has 0 radical (unpaired) electrons. The molecule has 0 saturated heterocycles. The molecule has 0 aliphatic carbocycles. The van der Waals surface area contributed by atoms with Crippen LogP contribution < -0.4 is 0 Å². The van der Waals surface area contributed by atoms with Crippen molar-refractivity contribution in [3.05, 3.63) is 0 Å². The second-order valence-corrected chi connectivity index (χ2v) is 5.98. The Labute approximate surface area is 91.6 Å². The van der Waals surface area contributed by atoms with Gasteiger partial charge in [0.05, 0.1) is 12.3 Å². The summed E-state index contributed by atoms with van der Waals surface area (Å²) in [5.41, 5.74) is 0. The number of hydrogen-bond donors (Lipinski definition) is 0. The molecule has 0 bridgehead atoms. The van der Waals surface area contributed by atoms with Crippen molar-refractivity contribution in [1.82, 2.24) is 4.90 Å². The zero-order valence-corrected chi connectivity index (χ0v) is 9.79. The Morgan fingerprint density at radius 1 is 1.33 bits per heavy atom. The van der Waals surface area contributed by atoms with Gasteiger partial charge in [0, 0.05) is 10.7 Å². The fraction of sp³-hybridized carbons (Fsp3) is 1.00. The lowest BCUT2D eigenvalue weighted by molar-refractivity contribution is -0.145. The summed E-state index contributed by atoms with van der Waals surface area (Å²) in [4.78, 5) is 1.13. The smallest absolute Gasteiger partial charge is 0.295 e. The largest absolute Gasteiger partial charge is 0.401 e. The highest BCUT2D eigenvalue weighted by Crippen LogP contribution is 2.16. The molecule has 0 aromatic rings. The second-order valence-electron chi connectivity index (χ2n) is 3.08. The van der Waals surface area contributed by atoms with E-state index in [1.807, 2.05) is 0 Å². The molecule has 0 amide bonds. The third-order valence-corrected chi connectivity index (χ3v) is 2.95. The van der Waals surface area contributed by atoms with Gasteiger partial charge in [-0.2, -0.15) is 13.2 Å². The SMILES string of the molecule is CCN(CCCS(=O)(=O)Cl)CC(F)(F)F. The van der Waals surface area contributed by atoms with Gasteiger partial charge in [0.2, 0.25) is 9.05 Å². The van der Waals surface area contributed by atoms with Crippen LogP contribution in [0.1, 0.15) is 13.3 Å². The van der Waals surface area contributed by atoms with Gasteiger partial charge in [-0.05, 0) is 19.5 Å². The van der Waals surface area contributed by atoms with Crippen LogP contribution >= 0.6 is 10.7 Å². The molecule has 0 fully saturated rings. The van der Waals surface area contributed by atoms with Gasteiger partial charge in [0.15, 0.2) is 0 Å². The van der Waals surface area contributed by atoms with E-state index in [9.17, 15) is 21.6 Å². The summed E-state index contributed by atoms with van der Waals surface area (Å²) in [5, 5.41) is 0. The zero-order valence-electron chi connectivity index (χ0n) is 8.22. The van der Waals surface area contributed by atoms with Crippen LogP contribution in [0.5, 0.6) is 0 Å². The third-order valence-electron chi connectivity index (χ3n) is 1.71. The van der Waals surface area contributed by atoms with Crippen molar-refractivity contribution in [3.8, 4) is 0 Å². The van der Waals surface area contributed by atoms with Crippen molar-refractivity contribution in [2.45, 2.75) is 19.5 Å². The van der Waals surface area contributed by atoms with Gasteiger partial charge < -0.3 is 0 Å². The fourth-order valence-electron chi connectivity index (χ4n) is 1.06. The number of hydrogen-bond acceptors (Lipinski definition) is 3. The maximum absolute atomic E-state index is 12.0. The van der Waals surface area contributed by atoms with Crippen molar-refractivity contribution in [3.63, 3.8) is 0 Å². The van der Waals surface area contributed by atoms with Gasteiger partial charge in [-0.15, -0.1) is 0 Å². The lowest BCUT2D eigenvalue weighted by Crippen LogP contribution is -2.35. The summed E-state index contributed by atoms with van der Waals surface area (Å²) < 4.78 is 56.9. The standard InChI is InChI=1S/C7H13ClF3NO2S/c1-2-12(6-7(9,10)11)4-3-5-15(8,13)14/h2-6H2,1H3. The van der Waals surface area contributed by atoms with Gasteiger partial charge in [-0.3, -0.25) is 4.90 Å². The predicted octanol–water partition coefficient (Wildman–Crippen LogP) is 1.83. The highest BCUT2D eigenvalue weighted by Gasteiger charge is 2.29. The molecule has 0 rings (SSSR count). The summed E-state index contributed by atoms with van der Waals surface area (Å²) in [6.07, 6.45) is -4.15. The first-order valence-electron chi connectivity index (χ1n) is 4.35. The first-order chi connectivity index (χ1) is 6.64. The summed E-state index contributed by atoms with van der Waals surface area (Å²) in [6.45, 7) is 0.858. The van der Waals surface area contributed by atoms with Crippen molar-refractivity contribution >= 4 is 19.7 Å². The topological polar surface area (TPSA) is 37.4 Å². The number of halogens is 4. The van der Waals surface area contributed by atoms with Crippen molar-refractivity contribution < 1.29 is 21.6 Å². The molecule has 15 heavy (non-hydrogen) atoms. The van der Waals surface area contributed by atoms with Crippen LogP contribution in [-0.4, -0.2) is 44.9 Å². The molecule has 0 unspecified atom stereocenters. The zero-order chi connectivity index (χ0) is 12.1. The van der Waals surface area contributed by atoms with Gasteiger partial charge in [-0.25, -0.2) is 8.42 Å². The number of nitrogens with zero attached hydrogens (tertiary/aromatic N) is 1. The average Bonchev–Trinajstić information content (AvgIpc) is 1.97. The normalized spacial score (nSPS) is 13.5. The molecule has 0 heterocycles. The highest BCUT2D eigenvalue weighted by molar-refractivity contribution is 8.13. The van der Waals surface area contributed by atoms with E-state index in [1.165, 1.54) is 0 Å². The monoisotopic (exact) mass is 267 g/mol. The fourth-order valence-corrected chi connectivity index (χ4v) is 1.86. The maximum atomic E-state index is 12.0. The van der Waals surface area contributed by atoms with E-state index in [0.29, 0.717) is 0 Å². The minimum Gasteiger partial charge on any atom is -0.295 e. The molecule has 0 N–H and O–H groups in total. The Morgan fingerprint density at radius 3 is 2.20 bits per heavy atom. The van der Waals surface area contributed by atoms with E-state index < -0.39 is 21.8 Å². The molecule has 3 nitrogen and oxygen atoms in total. The lowest BCUT2D eigenvalue weighted by atomic mass is 10.4. The maximum Gasteiger partial charge on any atom is 0.401 e. The first kappa shape index (κ1) is 15.0. The van der Waals surface area contributed by atoms with Crippen LogP contribution in [0.2, 0.25) is 0 Å². The molecule has 0 aliphatic heterocycles. The minimum absolute atomic E-state index is 0.0714. The highest BCUT2D eigenvalue weighted by atomic mass is 35.7. The van der Waals surface area contributed by atoms with E-state index in [4.69, 9.17) is 10.7 Å². The van der Waals surface area contributed by atoms with E-state index in [1.54, 1.807) is 6.92 Å². The molecular weight excluding hydrogens is 255 g/mol. The summed E-state index contributed by atoms with van der Waals surface area (Å²) in [6, 6.07) is 0. The molecule has 0 aliphatic rings. The average molecular weight is 268 g/mol. The Balaban J connectivity index is 3.92.